The van der Waals surface area contributed by atoms with Crippen LogP contribution in [0.15, 0.2) is 47.6 Å². The maximum Gasteiger partial charge on any atom is 0.305 e. The van der Waals surface area contributed by atoms with Crippen molar-refractivity contribution in [1.29, 1.82) is 0 Å². The van der Waals surface area contributed by atoms with Crippen molar-refractivity contribution in [2.24, 2.45) is 5.92 Å². The van der Waals surface area contributed by atoms with Crippen LogP contribution in [-0.2, 0) is 28.6 Å². The monoisotopic (exact) mass is 417 g/mol. The van der Waals surface area contributed by atoms with Gasteiger partial charge in [0.1, 0.15) is 0 Å². The van der Waals surface area contributed by atoms with Crippen LogP contribution in [0.5, 0.6) is 0 Å². The third-order valence-corrected chi connectivity index (χ3v) is 4.99. The van der Waals surface area contributed by atoms with Gasteiger partial charge < -0.3 is 19.5 Å². The number of aldehydes is 1. The second-order valence-corrected chi connectivity index (χ2v) is 7.63. The van der Waals surface area contributed by atoms with E-state index >= 15 is 0 Å². The predicted molar refractivity (Wildman–Crippen MR) is 112 cm³/mol. The molecule has 0 spiro atoms. The highest BCUT2D eigenvalue weighted by molar-refractivity contribution is 6.23. The molecule has 0 unspecified atom stereocenters. The van der Waals surface area contributed by atoms with Gasteiger partial charge in [0.2, 0.25) is 6.29 Å². The van der Waals surface area contributed by atoms with Crippen LogP contribution in [0.1, 0.15) is 39.0 Å². The maximum atomic E-state index is 10.9. The number of carbonyl (C=O) groups is 3. The quantitative estimate of drug-likeness (QED) is 0.204. The van der Waals surface area contributed by atoms with Crippen molar-refractivity contribution in [2.75, 3.05) is 26.9 Å². The van der Waals surface area contributed by atoms with Gasteiger partial charge in [-0.25, -0.2) is 0 Å². The molecule has 3 aliphatic rings. The molecule has 0 radical (unpaired) electrons. The highest BCUT2D eigenvalue weighted by Gasteiger charge is 2.32. The van der Waals surface area contributed by atoms with Gasteiger partial charge in [0, 0.05) is 12.3 Å². The highest BCUT2D eigenvalue weighted by atomic mass is 16.7. The maximum absolute atomic E-state index is 10.9. The Morgan fingerprint density at radius 1 is 1.20 bits per heavy atom. The van der Waals surface area contributed by atoms with Crippen molar-refractivity contribution in [2.45, 2.75) is 44.8 Å². The van der Waals surface area contributed by atoms with E-state index in [2.05, 4.69) is 40.4 Å². The Hall–Kier alpha value is -2.51. The summed E-state index contributed by atoms with van der Waals surface area (Å²) in [6, 6.07) is 0. The van der Waals surface area contributed by atoms with Gasteiger partial charge in [0.15, 0.2) is 5.79 Å². The minimum absolute atomic E-state index is 0.140. The van der Waals surface area contributed by atoms with E-state index in [1.807, 2.05) is 6.08 Å². The third-order valence-electron chi connectivity index (χ3n) is 4.99. The first-order valence-electron chi connectivity index (χ1n) is 10.2. The number of unbranched alkanes of at least 4 members (excludes halogenated alkanes) is 1. The van der Waals surface area contributed by atoms with Crippen molar-refractivity contribution in [3.05, 3.63) is 47.6 Å². The van der Waals surface area contributed by atoms with Crippen LogP contribution in [0, 0.1) is 5.92 Å². The Labute approximate surface area is 177 Å². The summed E-state index contributed by atoms with van der Waals surface area (Å²) in [5.41, 5.74) is 2.94. The molecule has 2 aliphatic carbocycles. The normalized spacial score (nSPS) is 24.0. The van der Waals surface area contributed by atoms with Crippen molar-refractivity contribution < 1.29 is 28.6 Å². The molecule has 3 rings (SSSR count). The summed E-state index contributed by atoms with van der Waals surface area (Å²) in [4.78, 5) is 32.1. The molecule has 7 nitrogen and oxygen atoms in total. The molecule has 1 amide bonds. The minimum atomic E-state index is -0.889. The number of ether oxygens (including phenoxy) is 3. The number of rotatable bonds is 9. The largest absolute Gasteiger partial charge is 0.469 e. The molecule has 1 heterocycles. The number of nitrogens with one attached hydrogen (secondary N) is 1. The number of amides is 1. The van der Waals surface area contributed by atoms with Crippen molar-refractivity contribution in [3.63, 3.8) is 0 Å². The lowest BCUT2D eigenvalue weighted by Crippen LogP contribution is -2.49. The van der Waals surface area contributed by atoms with E-state index in [-0.39, 0.29) is 24.7 Å². The van der Waals surface area contributed by atoms with E-state index < -0.39 is 11.7 Å². The van der Waals surface area contributed by atoms with Gasteiger partial charge in [-0.3, -0.25) is 14.4 Å². The third kappa shape index (κ3) is 8.47. The molecule has 2 bridgehead atoms. The smallest absolute Gasteiger partial charge is 0.305 e. The zero-order valence-corrected chi connectivity index (χ0v) is 17.7. The first-order valence-corrected chi connectivity index (χ1v) is 10.2. The van der Waals surface area contributed by atoms with E-state index in [1.54, 1.807) is 6.92 Å². The number of allylic oxidation sites excluding steroid dienone is 8. The van der Waals surface area contributed by atoms with Crippen LogP contribution in [0.2, 0.25) is 0 Å². The van der Waals surface area contributed by atoms with E-state index in [0.29, 0.717) is 19.6 Å². The van der Waals surface area contributed by atoms with Crippen molar-refractivity contribution >= 4 is 18.2 Å². The average Bonchev–Trinajstić information content (AvgIpc) is 3.42. The van der Waals surface area contributed by atoms with Crippen LogP contribution >= 0.6 is 0 Å². The van der Waals surface area contributed by atoms with Crippen molar-refractivity contribution in [1.82, 2.24) is 5.32 Å². The van der Waals surface area contributed by atoms with Crippen LogP contribution in [0.25, 0.3) is 0 Å². The van der Waals surface area contributed by atoms with Crippen LogP contribution in [-0.4, -0.2) is 50.8 Å². The molecule has 164 valence electrons. The van der Waals surface area contributed by atoms with Crippen LogP contribution in [0.3, 0.4) is 0 Å². The fourth-order valence-electron chi connectivity index (χ4n) is 3.09. The lowest BCUT2D eigenvalue weighted by Gasteiger charge is -2.37. The zero-order valence-electron chi connectivity index (χ0n) is 17.7. The second-order valence-electron chi connectivity index (χ2n) is 7.63. The molecule has 1 fully saturated rings. The Balaban J connectivity index is 0.000000375. The summed E-state index contributed by atoms with van der Waals surface area (Å²) in [6.45, 7) is 2.93. The first-order chi connectivity index (χ1) is 14.4. The van der Waals surface area contributed by atoms with Gasteiger partial charge in [-0.05, 0) is 43.8 Å². The Kier molecular flexibility index (Phi) is 9.70. The fourth-order valence-corrected chi connectivity index (χ4v) is 3.09. The second kappa shape index (κ2) is 12.2. The Bertz CT molecular complexity index is 706. The fraction of sp³-hybridized carbons (Fsp3) is 0.522. The van der Waals surface area contributed by atoms with E-state index in [0.717, 1.165) is 19.3 Å². The average molecular weight is 418 g/mol. The molecule has 0 aromatic rings. The van der Waals surface area contributed by atoms with Gasteiger partial charge in [-0.2, -0.15) is 0 Å². The molecular formula is C23H31NO6. The number of carbonyl (C=O) groups excluding carboxylic acids is 3. The molecule has 1 aliphatic heterocycles. The Morgan fingerprint density at radius 2 is 1.87 bits per heavy atom. The topological polar surface area (TPSA) is 90.9 Å². The van der Waals surface area contributed by atoms with Gasteiger partial charge in [-0.15, -0.1) is 0 Å². The molecule has 7 heteroatoms. The van der Waals surface area contributed by atoms with Crippen molar-refractivity contribution in [3.8, 4) is 0 Å². The van der Waals surface area contributed by atoms with Gasteiger partial charge >= 0.3 is 5.97 Å². The summed E-state index contributed by atoms with van der Waals surface area (Å²) in [5.74, 6) is -1.51. The summed E-state index contributed by atoms with van der Waals surface area (Å²) >= 11 is 0. The van der Waals surface area contributed by atoms with E-state index in [1.165, 1.54) is 24.7 Å². The summed E-state index contributed by atoms with van der Waals surface area (Å²) in [7, 11) is 1.39. The SMILES string of the molecule is C1=CC2=CC=C1C2.COC(=O)CCCC=CCC1COC(C)(CNC(=O)C=O)OC1. The Morgan fingerprint density at radius 3 is 2.37 bits per heavy atom. The number of hydrogen-bond acceptors (Lipinski definition) is 6. The zero-order chi connectivity index (χ0) is 21.8. The number of hydrogen-bond donors (Lipinski definition) is 1. The minimum Gasteiger partial charge on any atom is -0.469 e. The molecule has 0 saturated carbocycles. The van der Waals surface area contributed by atoms with E-state index in [4.69, 9.17) is 9.47 Å². The lowest BCUT2D eigenvalue weighted by molar-refractivity contribution is -0.268. The van der Waals surface area contributed by atoms with Gasteiger partial charge in [0.05, 0.1) is 26.9 Å². The van der Waals surface area contributed by atoms with Gasteiger partial charge in [-0.1, -0.05) is 36.5 Å². The molecule has 0 aromatic heterocycles. The van der Waals surface area contributed by atoms with Crippen LogP contribution in [0.4, 0.5) is 0 Å². The predicted octanol–water partition coefficient (Wildman–Crippen LogP) is 2.78. The molecular weight excluding hydrogens is 386 g/mol. The van der Waals surface area contributed by atoms with Gasteiger partial charge in [0.25, 0.3) is 5.91 Å². The standard InChI is InChI=1S/C16H25NO6.C7H6/c1-16(12-17-14(19)9-18)22-10-13(11-23-16)7-5-3-4-6-8-15(20)21-2;1-2-7-4-3-6(1)5-7/h3,5,9,13H,4,6-8,10-12H2,1-2H3,(H,17,19);1-4H,5H2. The lowest BCUT2D eigenvalue weighted by atomic mass is 10.1. The molecule has 0 atom stereocenters. The molecule has 30 heavy (non-hydrogen) atoms. The molecule has 0 aromatic carbocycles. The molecule has 1 N–H and O–H groups in total. The first kappa shape index (κ1) is 23.8. The van der Waals surface area contributed by atoms with Crippen LogP contribution < -0.4 is 5.32 Å². The molecule has 1 saturated heterocycles. The number of methoxy groups -OCH3 is 1. The number of esters is 1. The van der Waals surface area contributed by atoms with E-state index in [9.17, 15) is 14.4 Å². The number of fused-ring (bicyclic) bond motifs is 2. The summed E-state index contributed by atoms with van der Waals surface area (Å²) in [6.07, 6.45) is 17.1. The summed E-state index contributed by atoms with van der Waals surface area (Å²) < 4.78 is 15.9. The highest BCUT2D eigenvalue weighted by Crippen LogP contribution is 2.27. The summed E-state index contributed by atoms with van der Waals surface area (Å²) in [5, 5.41) is 2.43.